The zero-order chi connectivity index (χ0) is 37.6. The summed E-state index contributed by atoms with van der Waals surface area (Å²) in [5.41, 5.74) is 1.21. The van der Waals surface area contributed by atoms with Gasteiger partial charge in [0, 0.05) is 19.5 Å². The van der Waals surface area contributed by atoms with Gasteiger partial charge in [0.05, 0.1) is 36.3 Å². The molecule has 0 saturated carbocycles. The summed E-state index contributed by atoms with van der Waals surface area (Å²) in [6, 6.07) is 20.1. The van der Waals surface area contributed by atoms with E-state index in [0.29, 0.717) is 18.7 Å². The number of aliphatic hydroxyl groups is 1. The van der Waals surface area contributed by atoms with Crippen LogP contribution in [0.15, 0.2) is 78.9 Å². The summed E-state index contributed by atoms with van der Waals surface area (Å²) in [5, 5.41) is 17.2. The topological polar surface area (TPSA) is 157 Å². The molecule has 3 N–H and O–H groups in total. The largest absolute Gasteiger partial charge is 0.497 e. The molecular weight excluding hydrogens is 693 g/mol. The van der Waals surface area contributed by atoms with Crippen molar-refractivity contribution < 1.29 is 55.3 Å². The van der Waals surface area contributed by atoms with Crippen molar-refractivity contribution in [2.45, 2.75) is 64.1 Å². The number of hydrogen-bond donors (Lipinski definition) is 3. The summed E-state index contributed by atoms with van der Waals surface area (Å²) in [7, 11) is -2.08. The van der Waals surface area contributed by atoms with Gasteiger partial charge in [-0.15, -0.1) is 0 Å². The van der Waals surface area contributed by atoms with E-state index >= 15 is 0 Å². The van der Waals surface area contributed by atoms with Gasteiger partial charge in [0.15, 0.2) is 6.10 Å². The van der Waals surface area contributed by atoms with Gasteiger partial charge in [0.2, 0.25) is 0 Å². The third-order valence-electron chi connectivity index (χ3n) is 7.66. The molecule has 11 nitrogen and oxygen atoms in total. The molecule has 0 spiro atoms. The van der Waals surface area contributed by atoms with Gasteiger partial charge in [-0.3, -0.25) is 4.79 Å². The molecule has 0 heterocycles. The summed E-state index contributed by atoms with van der Waals surface area (Å²) >= 11 is 0. The Morgan fingerprint density at radius 2 is 1.51 bits per heavy atom. The first kappa shape index (κ1) is 41.0. The molecular formula is C36H43F3N2O9S. The molecule has 1 unspecified atom stereocenters. The number of methoxy groups -OCH3 is 1. The Balaban J connectivity index is 1.83. The van der Waals surface area contributed by atoms with Crippen molar-refractivity contribution in [3.05, 3.63) is 95.6 Å². The average Bonchev–Trinajstić information content (AvgIpc) is 3.09. The fraction of sp³-hybridized carbons (Fsp3) is 0.417. The number of carbonyl (C=O) groups excluding carboxylic acids is 3. The summed E-state index contributed by atoms with van der Waals surface area (Å²) in [6.07, 6.45) is -7.73. The second-order valence-corrected chi connectivity index (χ2v) is 14.6. The second-order valence-electron chi connectivity index (χ2n) is 12.3. The monoisotopic (exact) mass is 736 g/mol. The number of esters is 2. The maximum atomic E-state index is 13.8. The molecule has 0 aliphatic rings. The SMILES string of the molecule is COc1cccc(CNC[C@@H](O)[C@H](Cc2ccccc2)NC(=O)C(CCS(=O)(=O)CCC(C)C)Oc2cccc(C(=O)OC(=O)C(F)(F)F)c2)c1. The van der Waals surface area contributed by atoms with Crippen LogP contribution < -0.4 is 20.1 Å². The molecule has 0 bridgehead atoms. The standard InChI is InChI=1S/C36H43F3N2O9S/c1-24(2)15-17-51(46,47)18-16-32(49-29-14-8-12-27(21-29)34(44)50-35(45)36(37,38)39)33(43)41-30(20-25-9-5-4-6-10-25)31(42)23-40-22-26-11-7-13-28(19-26)48-3/h4-14,19,21,24,30-32,40,42H,15-18,20,22-23H2,1-3H3,(H,41,43)/t30-,31+,32?/m0/s1. The Labute approximate surface area is 295 Å². The number of carbonyl (C=O) groups is 3. The van der Waals surface area contributed by atoms with E-state index in [2.05, 4.69) is 15.4 Å². The Morgan fingerprint density at radius 1 is 0.863 bits per heavy atom. The van der Waals surface area contributed by atoms with Crippen LogP contribution in [0.1, 0.15) is 48.2 Å². The minimum Gasteiger partial charge on any atom is -0.497 e. The number of aliphatic hydroxyl groups excluding tert-OH is 1. The quantitative estimate of drug-likeness (QED) is 0.119. The molecule has 3 aromatic carbocycles. The van der Waals surface area contributed by atoms with Gasteiger partial charge in [-0.1, -0.05) is 62.4 Å². The number of halogens is 3. The number of benzene rings is 3. The number of rotatable bonds is 19. The van der Waals surface area contributed by atoms with E-state index in [1.54, 1.807) is 25.3 Å². The first-order valence-corrected chi connectivity index (χ1v) is 18.0. The van der Waals surface area contributed by atoms with Crippen LogP contribution in [0, 0.1) is 5.92 Å². The number of nitrogens with one attached hydrogen (secondary N) is 2. The van der Waals surface area contributed by atoms with Crippen molar-refractivity contribution in [1.29, 1.82) is 0 Å². The lowest BCUT2D eigenvalue weighted by atomic mass is 10.0. The number of alkyl halides is 3. The third-order valence-corrected chi connectivity index (χ3v) is 9.38. The maximum Gasteiger partial charge on any atom is 0.491 e. The predicted molar refractivity (Wildman–Crippen MR) is 183 cm³/mol. The van der Waals surface area contributed by atoms with Crippen LogP contribution in [0.2, 0.25) is 0 Å². The highest BCUT2D eigenvalue weighted by atomic mass is 32.2. The highest BCUT2D eigenvalue weighted by Gasteiger charge is 2.42. The number of sulfone groups is 1. The molecule has 278 valence electrons. The van der Waals surface area contributed by atoms with Crippen LogP contribution in [0.3, 0.4) is 0 Å². The lowest BCUT2D eigenvalue weighted by molar-refractivity contribution is -0.193. The second kappa shape index (κ2) is 19.2. The molecule has 0 aromatic heterocycles. The molecule has 1 amide bonds. The van der Waals surface area contributed by atoms with Gasteiger partial charge < -0.3 is 30.0 Å². The molecule has 0 aliphatic carbocycles. The Morgan fingerprint density at radius 3 is 2.18 bits per heavy atom. The van der Waals surface area contributed by atoms with Crippen molar-refractivity contribution >= 4 is 27.7 Å². The smallest absolute Gasteiger partial charge is 0.491 e. The zero-order valence-corrected chi connectivity index (χ0v) is 29.3. The van der Waals surface area contributed by atoms with Crippen molar-refractivity contribution in [3.63, 3.8) is 0 Å². The van der Waals surface area contributed by atoms with Crippen LogP contribution in [0.5, 0.6) is 11.5 Å². The highest BCUT2D eigenvalue weighted by Crippen LogP contribution is 2.21. The van der Waals surface area contributed by atoms with E-state index in [-0.39, 0.29) is 36.8 Å². The van der Waals surface area contributed by atoms with Gasteiger partial charge in [-0.2, -0.15) is 13.2 Å². The van der Waals surface area contributed by atoms with E-state index in [0.717, 1.165) is 23.3 Å². The van der Waals surface area contributed by atoms with Crippen LogP contribution in [-0.4, -0.2) is 81.0 Å². The minimum atomic E-state index is -5.40. The lowest BCUT2D eigenvalue weighted by Crippen LogP contribution is -2.52. The lowest BCUT2D eigenvalue weighted by Gasteiger charge is -2.27. The van der Waals surface area contributed by atoms with Gasteiger partial charge in [0.1, 0.15) is 21.3 Å². The van der Waals surface area contributed by atoms with Crippen LogP contribution in [0.25, 0.3) is 0 Å². The molecule has 51 heavy (non-hydrogen) atoms. The molecule has 0 fully saturated rings. The summed E-state index contributed by atoms with van der Waals surface area (Å²) in [4.78, 5) is 37.3. The summed E-state index contributed by atoms with van der Waals surface area (Å²) in [6.45, 7) is 4.19. The number of hydrogen-bond acceptors (Lipinski definition) is 10. The Kier molecular flexibility index (Phi) is 15.4. The van der Waals surface area contributed by atoms with Crippen molar-refractivity contribution in [2.24, 2.45) is 5.92 Å². The zero-order valence-electron chi connectivity index (χ0n) is 28.5. The third kappa shape index (κ3) is 14.4. The van der Waals surface area contributed by atoms with Crippen LogP contribution in [-0.2, 0) is 37.1 Å². The first-order chi connectivity index (χ1) is 24.1. The van der Waals surface area contributed by atoms with E-state index in [1.165, 1.54) is 12.1 Å². The predicted octanol–water partition coefficient (Wildman–Crippen LogP) is 4.42. The van der Waals surface area contributed by atoms with Crippen LogP contribution in [0.4, 0.5) is 13.2 Å². The van der Waals surface area contributed by atoms with E-state index in [4.69, 9.17) is 9.47 Å². The van der Waals surface area contributed by atoms with E-state index < -0.39 is 63.4 Å². The van der Waals surface area contributed by atoms with Gasteiger partial charge in [-0.05, 0) is 60.2 Å². The molecule has 0 aliphatic heterocycles. The average molecular weight is 737 g/mol. The normalized spacial score (nSPS) is 13.6. The van der Waals surface area contributed by atoms with Gasteiger partial charge in [0.25, 0.3) is 5.91 Å². The fourth-order valence-corrected chi connectivity index (χ4v) is 6.43. The highest BCUT2D eigenvalue weighted by molar-refractivity contribution is 7.91. The van der Waals surface area contributed by atoms with Gasteiger partial charge in [-0.25, -0.2) is 18.0 Å². The van der Waals surface area contributed by atoms with E-state index in [9.17, 15) is 41.1 Å². The van der Waals surface area contributed by atoms with Crippen molar-refractivity contribution in [1.82, 2.24) is 10.6 Å². The molecule has 15 heteroatoms. The molecule has 3 atom stereocenters. The summed E-state index contributed by atoms with van der Waals surface area (Å²) in [5.74, 6) is -5.05. The molecule has 0 saturated heterocycles. The van der Waals surface area contributed by atoms with Crippen LogP contribution >= 0.6 is 0 Å². The van der Waals surface area contributed by atoms with Gasteiger partial charge >= 0.3 is 18.1 Å². The summed E-state index contributed by atoms with van der Waals surface area (Å²) < 4.78 is 78.7. The first-order valence-electron chi connectivity index (χ1n) is 16.2. The van der Waals surface area contributed by atoms with Crippen molar-refractivity contribution in [3.8, 4) is 11.5 Å². The number of amides is 1. The Bertz CT molecular complexity index is 1700. The van der Waals surface area contributed by atoms with Crippen molar-refractivity contribution in [2.75, 3.05) is 25.2 Å². The number of ether oxygens (including phenoxy) is 3. The molecule has 0 radical (unpaired) electrons. The Hall–Kier alpha value is -4.47. The fourth-order valence-electron chi connectivity index (χ4n) is 4.83. The molecule has 3 aromatic rings. The maximum absolute atomic E-state index is 13.8. The molecule has 3 rings (SSSR count). The van der Waals surface area contributed by atoms with E-state index in [1.807, 2.05) is 50.2 Å². The minimum absolute atomic E-state index is 0.0604.